The minimum absolute atomic E-state index is 0.0642. The number of hydrogen-bond donors (Lipinski definition) is 1. The van der Waals surface area contributed by atoms with Gasteiger partial charge in [0.25, 0.3) is 0 Å². The fourth-order valence-electron chi connectivity index (χ4n) is 2.06. The van der Waals surface area contributed by atoms with Gasteiger partial charge in [0.2, 0.25) is 15.9 Å². The fraction of sp³-hybridized carbons (Fsp3) is 0.462. The molecule has 1 aliphatic heterocycles. The van der Waals surface area contributed by atoms with Crippen molar-refractivity contribution in [2.75, 3.05) is 24.2 Å². The van der Waals surface area contributed by atoms with E-state index in [1.807, 2.05) is 0 Å². The predicted octanol–water partition coefficient (Wildman–Crippen LogP) is 1.50. The Kier molecular flexibility index (Phi) is 4.39. The van der Waals surface area contributed by atoms with Gasteiger partial charge in [-0.15, -0.1) is 0 Å². The number of carbonyl (C=O) groups is 1. The molecule has 0 spiro atoms. The Morgan fingerprint density at radius 1 is 1.45 bits per heavy atom. The van der Waals surface area contributed by atoms with E-state index >= 15 is 0 Å². The number of benzene rings is 1. The van der Waals surface area contributed by atoms with Crippen LogP contribution in [0.3, 0.4) is 0 Å². The van der Waals surface area contributed by atoms with Gasteiger partial charge in [-0.3, -0.25) is 4.79 Å². The molecule has 1 saturated heterocycles. The Morgan fingerprint density at radius 3 is 2.80 bits per heavy atom. The third kappa shape index (κ3) is 3.55. The second kappa shape index (κ2) is 5.88. The summed E-state index contributed by atoms with van der Waals surface area (Å²) in [4.78, 5) is 11.7. The predicted molar refractivity (Wildman–Crippen MR) is 74.4 cm³/mol. The van der Waals surface area contributed by atoms with Crippen molar-refractivity contribution >= 4 is 21.6 Å². The van der Waals surface area contributed by atoms with E-state index in [4.69, 9.17) is 0 Å². The highest BCUT2D eigenvalue weighted by Gasteiger charge is 2.28. The lowest BCUT2D eigenvalue weighted by atomic mass is 10.2. The molecule has 0 aromatic heterocycles. The topological polar surface area (TPSA) is 66.5 Å². The third-order valence-electron chi connectivity index (χ3n) is 3.25. The number of carbonyl (C=O) groups excluding carboxylic acids is 1. The largest absolute Gasteiger partial charge is 0.326 e. The standard InChI is InChI=1S/C13H17FN2O3S/c1-10-3-4-11(9-12(10)14)15-13(17)5-7-16-6-2-8-20(16,18)19/h3-4,9H,2,5-8H2,1H3,(H,15,17). The highest BCUT2D eigenvalue weighted by molar-refractivity contribution is 7.89. The molecule has 1 aliphatic rings. The van der Waals surface area contributed by atoms with Gasteiger partial charge in [-0.2, -0.15) is 0 Å². The molecule has 110 valence electrons. The van der Waals surface area contributed by atoms with Crippen LogP contribution >= 0.6 is 0 Å². The molecule has 0 unspecified atom stereocenters. The molecule has 0 atom stereocenters. The van der Waals surface area contributed by atoms with Gasteiger partial charge in [-0.25, -0.2) is 17.1 Å². The zero-order chi connectivity index (χ0) is 14.8. The summed E-state index contributed by atoms with van der Waals surface area (Å²) in [6.45, 7) is 2.27. The quantitative estimate of drug-likeness (QED) is 0.916. The van der Waals surface area contributed by atoms with Crippen LogP contribution in [-0.4, -0.2) is 37.5 Å². The molecule has 7 heteroatoms. The number of amides is 1. The van der Waals surface area contributed by atoms with Crippen LogP contribution in [0.1, 0.15) is 18.4 Å². The number of sulfonamides is 1. The Bertz CT molecular complexity index is 616. The maximum atomic E-state index is 13.3. The van der Waals surface area contributed by atoms with Gasteiger partial charge < -0.3 is 5.32 Å². The van der Waals surface area contributed by atoms with Gasteiger partial charge in [0.05, 0.1) is 5.75 Å². The van der Waals surface area contributed by atoms with Gasteiger partial charge in [-0.1, -0.05) is 6.07 Å². The van der Waals surface area contributed by atoms with Gasteiger partial charge >= 0.3 is 0 Å². The summed E-state index contributed by atoms with van der Waals surface area (Å²) >= 11 is 0. The third-order valence-corrected chi connectivity index (χ3v) is 5.20. The molecule has 1 aromatic carbocycles. The Morgan fingerprint density at radius 2 is 2.20 bits per heavy atom. The summed E-state index contributed by atoms with van der Waals surface area (Å²) in [5, 5.41) is 2.56. The van der Waals surface area contributed by atoms with Crippen LogP contribution in [0, 0.1) is 12.7 Å². The fourth-order valence-corrected chi connectivity index (χ4v) is 3.59. The maximum absolute atomic E-state index is 13.3. The van der Waals surface area contributed by atoms with Crippen molar-refractivity contribution in [1.29, 1.82) is 0 Å². The molecule has 20 heavy (non-hydrogen) atoms. The molecule has 2 rings (SSSR count). The first-order valence-corrected chi connectivity index (χ1v) is 8.03. The van der Waals surface area contributed by atoms with E-state index in [2.05, 4.69) is 5.32 Å². The van der Waals surface area contributed by atoms with Crippen molar-refractivity contribution in [2.45, 2.75) is 19.8 Å². The van der Waals surface area contributed by atoms with Crippen LogP contribution in [0.2, 0.25) is 0 Å². The molecular formula is C13H17FN2O3S. The van der Waals surface area contributed by atoms with Gasteiger partial charge in [0, 0.05) is 25.2 Å². The molecular weight excluding hydrogens is 283 g/mol. The van der Waals surface area contributed by atoms with Gasteiger partial charge in [0.15, 0.2) is 0 Å². The summed E-state index contributed by atoms with van der Waals surface area (Å²) in [6.07, 6.45) is 0.669. The molecule has 1 heterocycles. The maximum Gasteiger partial charge on any atom is 0.225 e. The lowest BCUT2D eigenvalue weighted by molar-refractivity contribution is -0.116. The Labute approximate surface area is 117 Å². The van der Waals surface area contributed by atoms with Crippen molar-refractivity contribution in [1.82, 2.24) is 4.31 Å². The second-order valence-corrected chi connectivity index (χ2v) is 6.92. The van der Waals surface area contributed by atoms with Crippen molar-refractivity contribution in [3.8, 4) is 0 Å². The number of aryl methyl sites for hydroxylation is 1. The second-order valence-electron chi connectivity index (χ2n) is 4.83. The molecule has 1 N–H and O–H groups in total. The van der Waals surface area contributed by atoms with E-state index in [-0.39, 0.29) is 30.4 Å². The van der Waals surface area contributed by atoms with E-state index in [0.717, 1.165) is 0 Å². The normalized spacial score (nSPS) is 18.1. The summed E-state index contributed by atoms with van der Waals surface area (Å²) in [5.74, 6) is -0.557. The van der Waals surface area contributed by atoms with E-state index in [9.17, 15) is 17.6 Å². The zero-order valence-electron chi connectivity index (χ0n) is 11.2. The molecule has 0 radical (unpaired) electrons. The average Bonchev–Trinajstić information content (AvgIpc) is 2.70. The van der Waals surface area contributed by atoms with Gasteiger partial charge in [-0.05, 0) is 31.0 Å². The van der Waals surface area contributed by atoms with Gasteiger partial charge in [0.1, 0.15) is 5.82 Å². The average molecular weight is 300 g/mol. The number of halogens is 1. The first kappa shape index (κ1) is 14.9. The lowest BCUT2D eigenvalue weighted by Crippen LogP contribution is -2.29. The van der Waals surface area contributed by atoms with E-state index in [0.29, 0.717) is 24.2 Å². The van der Waals surface area contributed by atoms with Crippen molar-refractivity contribution < 1.29 is 17.6 Å². The highest BCUT2D eigenvalue weighted by Crippen LogP contribution is 2.15. The van der Waals surface area contributed by atoms with Crippen LogP contribution in [0.15, 0.2) is 18.2 Å². The van der Waals surface area contributed by atoms with Crippen molar-refractivity contribution in [3.05, 3.63) is 29.6 Å². The van der Waals surface area contributed by atoms with E-state index in [1.54, 1.807) is 19.1 Å². The molecule has 0 saturated carbocycles. The minimum Gasteiger partial charge on any atom is -0.326 e. The molecule has 0 aliphatic carbocycles. The van der Waals surface area contributed by atoms with Crippen LogP contribution in [-0.2, 0) is 14.8 Å². The van der Waals surface area contributed by atoms with Crippen LogP contribution < -0.4 is 5.32 Å². The summed E-state index contributed by atoms with van der Waals surface area (Å²) in [6, 6.07) is 4.44. The zero-order valence-corrected chi connectivity index (χ0v) is 12.0. The SMILES string of the molecule is Cc1ccc(NC(=O)CCN2CCCS2(=O)=O)cc1F. The van der Waals surface area contributed by atoms with Crippen molar-refractivity contribution in [2.24, 2.45) is 0 Å². The molecule has 0 bridgehead atoms. The number of hydrogen-bond acceptors (Lipinski definition) is 3. The summed E-state index contributed by atoms with van der Waals surface area (Å²) in [7, 11) is -3.17. The number of anilines is 1. The van der Waals surface area contributed by atoms with E-state index in [1.165, 1.54) is 10.4 Å². The summed E-state index contributed by atoms with van der Waals surface area (Å²) < 4.78 is 37.8. The first-order chi connectivity index (χ1) is 9.38. The summed E-state index contributed by atoms with van der Waals surface area (Å²) in [5.41, 5.74) is 0.883. The molecule has 1 fully saturated rings. The molecule has 5 nitrogen and oxygen atoms in total. The Hall–Kier alpha value is -1.47. The lowest BCUT2D eigenvalue weighted by Gasteiger charge is -2.13. The van der Waals surface area contributed by atoms with Crippen LogP contribution in [0.25, 0.3) is 0 Å². The number of nitrogens with zero attached hydrogens (tertiary/aromatic N) is 1. The molecule has 1 amide bonds. The molecule has 1 aromatic rings. The van der Waals surface area contributed by atoms with Crippen LogP contribution in [0.5, 0.6) is 0 Å². The number of rotatable bonds is 4. The minimum atomic E-state index is -3.17. The first-order valence-electron chi connectivity index (χ1n) is 6.42. The van der Waals surface area contributed by atoms with E-state index < -0.39 is 10.0 Å². The number of nitrogens with one attached hydrogen (secondary N) is 1. The highest BCUT2D eigenvalue weighted by atomic mass is 32.2. The smallest absolute Gasteiger partial charge is 0.225 e. The monoisotopic (exact) mass is 300 g/mol. The Balaban J connectivity index is 1.88. The van der Waals surface area contributed by atoms with Crippen molar-refractivity contribution in [3.63, 3.8) is 0 Å². The van der Waals surface area contributed by atoms with Crippen LogP contribution in [0.4, 0.5) is 10.1 Å².